The molecule has 0 rings (SSSR count). The van der Waals surface area contributed by atoms with E-state index in [9.17, 15) is 0 Å². The number of rotatable bonds is 3. The van der Waals surface area contributed by atoms with Gasteiger partial charge in [0.2, 0.25) is 6.69 Å². The Labute approximate surface area is 67.5 Å². The standard InChI is InChI=1S/C3H9Cl3Si2/c1-8(5,6)3-2-7-4/h2-3,7H2,1H3. The average Bonchev–Trinajstić information content (AvgIpc) is 1.59. The van der Waals surface area contributed by atoms with Crippen molar-refractivity contribution in [3.63, 3.8) is 0 Å². The third-order valence-electron chi connectivity index (χ3n) is 0.749. The van der Waals surface area contributed by atoms with E-state index < -0.39 is 6.69 Å². The SMILES string of the molecule is C[Si](Cl)(Cl)CC[SiH2]Cl. The average molecular weight is 208 g/mol. The lowest BCUT2D eigenvalue weighted by Gasteiger charge is -2.06. The van der Waals surface area contributed by atoms with Gasteiger partial charge >= 0.3 is 0 Å². The van der Waals surface area contributed by atoms with Gasteiger partial charge in [0.25, 0.3) is 0 Å². The molecule has 0 radical (unpaired) electrons. The van der Waals surface area contributed by atoms with Crippen molar-refractivity contribution in [2.24, 2.45) is 0 Å². The van der Waals surface area contributed by atoms with Gasteiger partial charge < -0.3 is 0 Å². The Morgan fingerprint density at radius 3 is 2.12 bits per heavy atom. The van der Waals surface area contributed by atoms with Gasteiger partial charge in [0.1, 0.15) is 8.83 Å². The van der Waals surface area contributed by atoms with Crippen LogP contribution in [0.15, 0.2) is 0 Å². The van der Waals surface area contributed by atoms with Gasteiger partial charge in [-0.2, -0.15) is 11.1 Å². The lowest BCUT2D eigenvalue weighted by molar-refractivity contribution is 1.41. The minimum atomic E-state index is -1.78. The molecule has 8 heavy (non-hydrogen) atoms. The lowest BCUT2D eigenvalue weighted by Crippen LogP contribution is -2.11. The maximum Gasteiger partial charge on any atom is 0.248 e. The monoisotopic (exact) mass is 206 g/mol. The van der Waals surface area contributed by atoms with Gasteiger partial charge in [-0.25, -0.2) is 0 Å². The fraction of sp³-hybridized carbons (Fsp3) is 1.00. The van der Waals surface area contributed by atoms with Crippen molar-refractivity contribution in [3.05, 3.63) is 0 Å². The molecule has 0 unspecified atom stereocenters. The first-order valence-electron chi connectivity index (χ1n) is 2.50. The zero-order valence-electron chi connectivity index (χ0n) is 4.76. The fourth-order valence-electron chi connectivity index (χ4n) is 0.377. The molecule has 0 aliphatic rings. The predicted octanol–water partition coefficient (Wildman–Crippen LogP) is 2.28. The van der Waals surface area contributed by atoms with Crippen LogP contribution in [-0.4, -0.2) is 15.5 Å². The summed E-state index contributed by atoms with van der Waals surface area (Å²) in [5, 5.41) is 0. The molecule has 0 N–H and O–H groups in total. The Hall–Kier alpha value is 1.30. The molecular weight excluding hydrogens is 199 g/mol. The van der Waals surface area contributed by atoms with Crippen molar-refractivity contribution in [1.29, 1.82) is 0 Å². The predicted molar refractivity (Wildman–Crippen MR) is 47.3 cm³/mol. The molecule has 0 aromatic heterocycles. The zero-order chi connectivity index (χ0) is 6.62. The summed E-state index contributed by atoms with van der Waals surface area (Å²) in [6, 6.07) is 2.04. The number of hydrogen-bond acceptors (Lipinski definition) is 0. The quantitative estimate of drug-likeness (QED) is 0.492. The van der Waals surface area contributed by atoms with E-state index in [0.717, 1.165) is 12.1 Å². The summed E-state index contributed by atoms with van der Waals surface area (Å²) in [6.07, 6.45) is 0. The Bertz CT molecular complexity index is 60.0. The highest BCUT2D eigenvalue weighted by molar-refractivity contribution is 7.45. The third kappa shape index (κ3) is 7.30. The highest BCUT2D eigenvalue weighted by Gasteiger charge is 2.19. The molecule has 5 heteroatoms. The van der Waals surface area contributed by atoms with Crippen LogP contribution in [0.2, 0.25) is 18.6 Å². The molecule has 0 amide bonds. The Morgan fingerprint density at radius 1 is 1.50 bits per heavy atom. The minimum absolute atomic E-state index is 0.328. The second-order valence-electron chi connectivity index (χ2n) is 1.86. The fourth-order valence-corrected chi connectivity index (χ4v) is 7.00. The van der Waals surface area contributed by atoms with Crippen molar-refractivity contribution in [1.82, 2.24) is 0 Å². The van der Waals surface area contributed by atoms with Gasteiger partial charge in [-0.05, 0) is 18.6 Å². The van der Waals surface area contributed by atoms with Crippen LogP contribution in [0.4, 0.5) is 0 Å². The lowest BCUT2D eigenvalue weighted by atomic mass is 11.0. The molecule has 0 aliphatic heterocycles. The number of halogens is 3. The molecule has 0 aromatic carbocycles. The zero-order valence-corrected chi connectivity index (χ0v) is 9.44. The topological polar surface area (TPSA) is 0 Å². The Morgan fingerprint density at radius 2 is 2.00 bits per heavy atom. The molecular formula is C3H9Cl3Si2. The first-order chi connectivity index (χ1) is 3.56. The normalized spacial score (nSPS) is 13.5. The summed E-state index contributed by atoms with van der Waals surface area (Å²) in [5.74, 6) is 0. The van der Waals surface area contributed by atoms with Crippen LogP contribution >= 0.6 is 33.2 Å². The summed E-state index contributed by atoms with van der Waals surface area (Å²) in [7, 11) is -0.328. The molecule has 0 fully saturated rings. The second kappa shape index (κ2) is 4.17. The third-order valence-corrected chi connectivity index (χ3v) is 5.24. The molecule has 0 spiro atoms. The molecule has 0 saturated heterocycles. The first-order valence-corrected chi connectivity index (χ1v) is 10.4. The largest absolute Gasteiger partial charge is 0.248 e. The van der Waals surface area contributed by atoms with Crippen molar-refractivity contribution in [3.8, 4) is 0 Å². The minimum Gasteiger partial charge on any atom is -0.176 e. The summed E-state index contributed by atoms with van der Waals surface area (Å²) in [5.41, 5.74) is 0. The highest BCUT2D eigenvalue weighted by Crippen LogP contribution is 2.21. The molecule has 0 aromatic rings. The summed E-state index contributed by atoms with van der Waals surface area (Å²) < 4.78 is 0. The highest BCUT2D eigenvalue weighted by atomic mass is 35.7. The van der Waals surface area contributed by atoms with Crippen molar-refractivity contribution < 1.29 is 0 Å². The van der Waals surface area contributed by atoms with Crippen molar-refractivity contribution >= 4 is 48.8 Å². The van der Waals surface area contributed by atoms with Gasteiger partial charge in [-0.1, -0.05) is 0 Å². The molecule has 0 saturated carbocycles. The van der Waals surface area contributed by atoms with Crippen LogP contribution in [0.5, 0.6) is 0 Å². The van der Waals surface area contributed by atoms with Gasteiger partial charge in [-0.15, -0.1) is 22.2 Å². The Kier molecular flexibility index (Phi) is 4.85. The number of hydrogen-bond donors (Lipinski definition) is 0. The van der Waals surface area contributed by atoms with Gasteiger partial charge in [0, 0.05) is 0 Å². The Balaban J connectivity index is 3.11. The van der Waals surface area contributed by atoms with Crippen LogP contribution in [-0.2, 0) is 0 Å². The second-order valence-corrected chi connectivity index (χ2v) is 12.3. The van der Waals surface area contributed by atoms with Crippen LogP contribution in [0, 0.1) is 0 Å². The van der Waals surface area contributed by atoms with Gasteiger partial charge in [-0.3, -0.25) is 0 Å². The molecule has 0 aliphatic carbocycles. The van der Waals surface area contributed by atoms with Crippen LogP contribution in [0.3, 0.4) is 0 Å². The smallest absolute Gasteiger partial charge is 0.176 e. The summed E-state index contributed by atoms with van der Waals surface area (Å²) in [4.78, 5) is 0. The van der Waals surface area contributed by atoms with Crippen LogP contribution in [0.1, 0.15) is 0 Å². The van der Waals surface area contributed by atoms with Crippen molar-refractivity contribution in [2.45, 2.75) is 18.6 Å². The van der Waals surface area contributed by atoms with E-state index in [4.69, 9.17) is 33.2 Å². The first kappa shape index (κ1) is 9.30. The molecule has 0 bridgehead atoms. The van der Waals surface area contributed by atoms with Gasteiger partial charge in [0.05, 0.1) is 0 Å². The van der Waals surface area contributed by atoms with E-state index in [2.05, 4.69) is 0 Å². The van der Waals surface area contributed by atoms with E-state index in [1.165, 1.54) is 0 Å². The van der Waals surface area contributed by atoms with E-state index in [-0.39, 0.29) is 8.83 Å². The van der Waals surface area contributed by atoms with Gasteiger partial charge in [0.15, 0.2) is 0 Å². The maximum absolute atomic E-state index is 5.78. The maximum atomic E-state index is 5.78. The van der Waals surface area contributed by atoms with E-state index in [0.29, 0.717) is 0 Å². The molecule has 0 atom stereocenters. The van der Waals surface area contributed by atoms with E-state index >= 15 is 0 Å². The van der Waals surface area contributed by atoms with E-state index in [1.54, 1.807) is 0 Å². The van der Waals surface area contributed by atoms with E-state index in [1.807, 2.05) is 6.55 Å². The van der Waals surface area contributed by atoms with Crippen LogP contribution in [0.25, 0.3) is 0 Å². The summed E-state index contributed by atoms with van der Waals surface area (Å²) >= 11 is 17.1. The summed E-state index contributed by atoms with van der Waals surface area (Å²) in [6.45, 7) is 0.144. The molecule has 50 valence electrons. The van der Waals surface area contributed by atoms with Crippen molar-refractivity contribution in [2.75, 3.05) is 0 Å². The van der Waals surface area contributed by atoms with Crippen LogP contribution < -0.4 is 0 Å². The molecule has 0 heterocycles. The molecule has 0 nitrogen and oxygen atoms in total.